The molecular weight excluding hydrogens is 224 g/mol. The zero-order chi connectivity index (χ0) is 12.1. The van der Waals surface area contributed by atoms with Gasteiger partial charge in [0.05, 0.1) is 12.7 Å². The molecule has 2 atom stereocenters. The average molecular weight is 241 g/mol. The Kier molecular flexibility index (Phi) is 4.45. The maximum atomic E-state index is 12.6. The van der Waals surface area contributed by atoms with E-state index in [9.17, 15) is 8.78 Å². The molecule has 0 radical (unpaired) electrons. The molecule has 1 fully saturated rings. The topological polar surface area (TPSA) is 21.3 Å². The van der Waals surface area contributed by atoms with E-state index >= 15 is 0 Å². The molecule has 17 heavy (non-hydrogen) atoms. The van der Waals surface area contributed by atoms with Gasteiger partial charge >= 0.3 is 0 Å². The van der Waals surface area contributed by atoms with Crippen LogP contribution in [-0.4, -0.2) is 25.6 Å². The largest absolute Gasteiger partial charge is 0.372 e. The Morgan fingerprint density at radius 2 is 2.00 bits per heavy atom. The summed E-state index contributed by atoms with van der Waals surface area (Å²) >= 11 is 0. The fraction of sp³-hybridized carbons (Fsp3) is 0.538. The quantitative estimate of drug-likeness (QED) is 0.874. The van der Waals surface area contributed by atoms with Gasteiger partial charge in [-0.1, -0.05) is 30.3 Å². The maximum absolute atomic E-state index is 12.6. The van der Waals surface area contributed by atoms with Crippen LogP contribution < -0.4 is 5.32 Å². The minimum absolute atomic E-state index is 0.108. The van der Waals surface area contributed by atoms with Crippen molar-refractivity contribution in [1.29, 1.82) is 0 Å². The molecule has 0 amide bonds. The van der Waals surface area contributed by atoms with Crippen molar-refractivity contribution in [2.75, 3.05) is 13.1 Å². The molecule has 0 aliphatic carbocycles. The predicted octanol–water partition coefficient (Wildman–Crippen LogP) is 2.45. The Balaban J connectivity index is 1.79. The normalized spacial score (nSPS) is 25.1. The lowest BCUT2D eigenvalue weighted by Gasteiger charge is -2.29. The van der Waals surface area contributed by atoms with E-state index in [1.807, 2.05) is 30.3 Å². The highest BCUT2D eigenvalue weighted by atomic mass is 19.3. The second-order valence-corrected chi connectivity index (χ2v) is 4.41. The summed E-state index contributed by atoms with van der Waals surface area (Å²) in [5, 5.41) is 3.00. The van der Waals surface area contributed by atoms with Crippen LogP contribution in [0.3, 0.4) is 0 Å². The van der Waals surface area contributed by atoms with Crippen molar-refractivity contribution in [1.82, 2.24) is 5.32 Å². The molecule has 1 saturated heterocycles. The standard InChI is InChI=1S/C13H17F2NO/c14-13(15)11-6-12(8-16-7-11)17-9-10-4-2-1-3-5-10/h1-5,11-13,16H,6-9H2. The minimum atomic E-state index is -2.26. The Hall–Kier alpha value is -1.00. The third kappa shape index (κ3) is 3.75. The van der Waals surface area contributed by atoms with Crippen molar-refractivity contribution in [2.45, 2.75) is 25.6 Å². The van der Waals surface area contributed by atoms with Gasteiger partial charge in [-0.3, -0.25) is 0 Å². The molecule has 0 spiro atoms. The van der Waals surface area contributed by atoms with Crippen LogP contribution >= 0.6 is 0 Å². The van der Waals surface area contributed by atoms with Crippen molar-refractivity contribution >= 4 is 0 Å². The summed E-state index contributed by atoms with van der Waals surface area (Å²) in [7, 11) is 0. The van der Waals surface area contributed by atoms with E-state index in [0.717, 1.165) is 5.56 Å². The molecule has 1 aliphatic heterocycles. The van der Waals surface area contributed by atoms with E-state index in [1.54, 1.807) is 0 Å². The van der Waals surface area contributed by atoms with Crippen molar-refractivity contribution in [3.8, 4) is 0 Å². The molecule has 4 heteroatoms. The van der Waals surface area contributed by atoms with Crippen molar-refractivity contribution in [2.24, 2.45) is 5.92 Å². The first kappa shape index (κ1) is 12.5. The number of benzene rings is 1. The second-order valence-electron chi connectivity index (χ2n) is 4.41. The molecule has 0 bridgehead atoms. The minimum Gasteiger partial charge on any atom is -0.372 e. The Labute approximate surface area is 100.0 Å². The summed E-state index contributed by atoms with van der Waals surface area (Å²) in [6.45, 7) is 1.54. The van der Waals surface area contributed by atoms with Gasteiger partial charge in [-0.05, 0) is 12.0 Å². The van der Waals surface area contributed by atoms with Crippen LogP contribution in [0, 0.1) is 5.92 Å². The maximum Gasteiger partial charge on any atom is 0.242 e. The van der Waals surface area contributed by atoms with E-state index in [4.69, 9.17) is 4.74 Å². The molecule has 2 unspecified atom stereocenters. The van der Waals surface area contributed by atoms with E-state index in [1.165, 1.54) is 0 Å². The molecule has 1 aliphatic rings. The van der Waals surface area contributed by atoms with Gasteiger partial charge < -0.3 is 10.1 Å². The van der Waals surface area contributed by atoms with E-state index in [-0.39, 0.29) is 6.10 Å². The molecule has 1 aromatic carbocycles. The van der Waals surface area contributed by atoms with Gasteiger partial charge in [0.1, 0.15) is 0 Å². The smallest absolute Gasteiger partial charge is 0.242 e. The van der Waals surface area contributed by atoms with E-state index in [0.29, 0.717) is 26.1 Å². The van der Waals surface area contributed by atoms with Gasteiger partial charge in [0.25, 0.3) is 0 Å². The van der Waals surface area contributed by atoms with Crippen molar-refractivity contribution < 1.29 is 13.5 Å². The first-order valence-corrected chi connectivity index (χ1v) is 5.90. The van der Waals surface area contributed by atoms with E-state index in [2.05, 4.69) is 5.32 Å². The number of rotatable bonds is 4. The molecule has 1 heterocycles. The van der Waals surface area contributed by atoms with Crippen LogP contribution in [0.15, 0.2) is 30.3 Å². The Morgan fingerprint density at radius 1 is 1.24 bits per heavy atom. The first-order chi connectivity index (χ1) is 8.25. The molecular formula is C13H17F2NO. The summed E-state index contributed by atoms with van der Waals surface area (Å²) in [6.07, 6.45) is -1.93. The third-order valence-corrected chi connectivity index (χ3v) is 3.03. The number of hydrogen-bond donors (Lipinski definition) is 1. The molecule has 1 N–H and O–H groups in total. The van der Waals surface area contributed by atoms with E-state index < -0.39 is 12.3 Å². The second kappa shape index (κ2) is 6.07. The third-order valence-electron chi connectivity index (χ3n) is 3.03. The Morgan fingerprint density at radius 3 is 2.71 bits per heavy atom. The average Bonchev–Trinajstić information content (AvgIpc) is 2.38. The molecule has 1 aromatic rings. The van der Waals surface area contributed by atoms with Crippen LogP contribution in [0.2, 0.25) is 0 Å². The summed E-state index contributed by atoms with van der Waals surface area (Å²) in [5.74, 6) is -0.579. The lowest BCUT2D eigenvalue weighted by molar-refractivity contribution is -0.0244. The van der Waals surface area contributed by atoms with Crippen molar-refractivity contribution in [3.05, 3.63) is 35.9 Å². The van der Waals surface area contributed by atoms with Gasteiger partial charge in [0, 0.05) is 19.0 Å². The fourth-order valence-electron chi connectivity index (χ4n) is 2.04. The Bertz CT molecular complexity index is 331. The number of piperidine rings is 1. The van der Waals surface area contributed by atoms with Gasteiger partial charge in [-0.2, -0.15) is 0 Å². The monoisotopic (exact) mass is 241 g/mol. The lowest BCUT2D eigenvalue weighted by atomic mass is 9.98. The molecule has 94 valence electrons. The first-order valence-electron chi connectivity index (χ1n) is 5.90. The number of halogens is 2. The molecule has 0 aromatic heterocycles. The zero-order valence-electron chi connectivity index (χ0n) is 9.61. The lowest BCUT2D eigenvalue weighted by Crippen LogP contribution is -2.43. The van der Waals surface area contributed by atoms with Gasteiger partial charge in [-0.15, -0.1) is 0 Å². The van der Waals surface area contributed by atoms with Crippen LogP contribution in [0.4, 0.5) is 8.78 Å². The number of hydrogen-bond acceptors (Lipinski definition) is 2. The molecule has 2 nitrogen and oxygen atoms in total. The molecule has 0 saturated carbocycles. The van der Waals surface area contributed by atoms with Crippen LogP contribution in [0.25, 0.3) is 0 Å². The predicted molar refractivity (Wildman–Crippen MR) is 62.0 cm³/mol. The number of ether oxygens (including phenoxy) is 1. The van der Waals surface area contributed by atoms with Gasteiger partial charge in [-0.25, -0.2) is 8.78 Å². The summed E-state index contributed by atoms with van der Waals surface area (Å²) < 4.78 is 30.8. The van der Waals surface area contributed by atoms with Gasteiger partial charge in [0.15, 0.2) is 0 Å². The van der Waals surface area contributed by atoms with Gasteiger partial charge in [0.2, 0.25) is 6.43 Å². The molecule has 2 rings (SSSR count). The van der Waals surface area contributed by atoms with Crippen LogP contribution in [0.5, 0.6) is 0 Å². The number of alkyl halides is 2. The highest BCUT2D eigenvalue weighted by molar-refractivity contribution is 5.13. The summed E-state index contributed by atoms with van der Waals surface area (Å²) in [4.78, 5) is 0. The highest BCUT2D eigenvalue weighted by Crippen LogP contribution is 2.20. The fourth-order valence-corrected chi connectivity index (χ4v) is 2.04. The number of nitrogens with one attached hydrogen (secondary N) is 1. The van der Waals surface area contributed by atoms with Crippen LogP contribution in [0.1, 0.15) is 12.0 Å². The van der Waals surface area contributed by atoms with Crippen molar-refractivity contribution in [3.63, 3.8) is 0 Å². The SMILES string of the molecule is FC(F)C1CNCC(OCc2ccccc2)C1. The van der Waals surface area contributed by atoms with Crippen LogP contribution in [-0.2, 0) is 11.3 Å². The summed E-state index contributed by atoms with van der Waals surface area (Å²) in [6, 6.07) is 9.78. The zero-order valence-corrected chi connectivity index (χ0v) is 9.61. The summed E-state index contributed by atoms with van der Waals surface area (Å²) in [5.41, 5.74) is 1.08. The highest BCUT2D eigenvalue weighted by Gasteiger charge is 2.28.